The SMILES string of the molecule is C=CC[C@@H](NC(=O)OC(C)(C)C)c1cc(-c2ccc(NC(=O)OC)cc2[N+](=O)[O-])cc(=O)[nH]1. The van der Waals surface area contributed by atoms with Crippen LogP contribution in [-0.2, 0) is 9.47 Å². The monoisotopic (exact) mass is 458 g/mol. The summed E-state index contributed by atoms with van der Waals surface area (Å²) in [6, 6.07) is 6.06. The van der Waals surface area contributed by atoms with Crippen LogP contribution in [0.5, 0.6) is 0 Å². The van der Waals surface area contributed by atoms with Gasteiger partial charge in [0, 0.05) is 17.8 Å². The van der Waals surface area contributed by atoms with Crippen LogP contribution in [0, 0.1) is 10.1 Å². The highest BCUT2D eigenvalue weighted by Gasteiger charge is 2.23. The maximum Gasteiger partial charge on any atom is 0.411 e. The lowest BCUT2D eigenvalue weighted by Crippen LogP contribution is -2.35. The molecule has 0 radical (unpaired) electrons. The van der Waals surface area contributed by atoms with E-state index in [9.17, 15) is 24.5 Å². The number of rotatable bonds is 7. The number of H-pyrrole nitrogens is 1. The number of nitrogens with zero attached hydrogens (tertiary/aromatic N) is 1. The van der Waals surface area contributed by atoms with Crippen LogP contribution in [0.25, 0.3) is 11.1 Å². The third kappa shape index (κ3) is 7.20. The lowest BCUT2D eigenvalue weighted by atomic mass is 10.0. The quantitative estimate of drug-likeness (QED) is 0.318. The fourth-order valence-electron chi connectivity index (χ4n) is 2.96. The van der Waals surface area contributed by atoms with Crippen molar-refractivity contribution >= 4 is 23.6 Å². The van der Waals surface area contributed by atoms with Crippen LogP contribution in [-0.4, -0.2) is 34.8 Å². The number of nitro benzene ring substituents is 1. The first kappa shape index (κ1) is 25.1. The van der Waals surface area contributed by atoms with Crippen molar-refractivity contribution in [1.29, 1.82) is 0 Å². The Bertz CT molecular complexity index is 1120. The summed E-state index contributed by atoms with van der Waals surface area (Å²) in [5.74, 6) is 0. The lowest BCUT2D eigenvalue weighted by Gasteiger charge is -2.23. The summed E-state index contributed by atoms with van der Waals surface area (Å²) < 4.78 is 9.77. The van der Waals surface area contributed by atoms with Crippen molar-refractivity contribution in [1.82, 2.24) is 10.3 Å². The Balaban J connectivity index is 2.49. The predicted octanol–water partition coefficient (Wildman–Crippen LogP) is 4.27. The van der Waals surface area contributed by atoms with Gasteiger partial charge in [-0.2, -0.15) is 0 Å². The summed E-state index contributed by atoms with van der Waals surface area (Å²) in [5, 5.41) is 16.7. The average Bonchev–Trinajstić information content (AvgIpc) is 2.71. The number of alkyl carbamates (subject to hydrolysis) is 1. The van der Waals surface area contributed by atoms with Gasteiger partial charge in [0.2, 0.25) is 5.56 Å². The predicted molar refractivity (Wildman–Crippen MR) is 122 cm³/mol. The molecule has 1 aromatic carbocycles. The molecule has 0 spiro atoms. The number of aromatic nitrogens is 1. The van der Waals surface area contributed by atoms with Gasteiger partial charge in [-0.05, 0) is 51.0 Å². The summed E-state index contributed by atoms with van der Waals surface area (Å²) in [5.41, 5.74) is -0.705. The molecule has 11 heteroatoms. The number of benzene rings is 1. The van der Waals surface area contributed by atoms with Crippen LogP contribution in [0.15, 0.2) is 47.8 Å². The number of amides is 2. The van der Waals surface area contributed by atoms with E-state index in [-0.39, 0.29) is 28.9 Å². The van der Waals surface area contributed by atoms with Crippen LogP contribution in [0.2, 0.25) is 0 Å². The van der Waals surface area contributed by atoms with Crippen molar-refractivity contribution < 1.29 is 24.0 Å². The Morgan fingerprint density at radius 1 is 1.24 bits per heavy atom. The molecule has 2 rings (SSSR count). The molecule has 176 valence electrons. The molecule has 3 N–H and O–H groups in total. The molecule has 33 heavy (non-hydrogen) atoms. The first-order valence-corrected chi connectivity index (χ1v) is 9.92. The van der Waals surface area contributed by atoms with Crippen molar-refractivity contribution in [2.45, 2.75) is 38.8 Å². The van der Waals surface area contributed by atoms with E-state index in [1.54, 1.807) is 26.8 Å². The smallest absolute Gasteiger partial charge is 0.411 e. The molecule has 0 aliphatic carbocycles. The average molecular weight is 458 g/mol. The van der Waals surface area contributed by atoms with Crippen LogP contribution in [0.4, 0.5) is 21.0 Å². The minimum Gasteiger partial charge on any atom is -0.453 e. The van der Waals surface area contributed by atoms with Crippen molar-refractivity contribution in [3.8, 4) is 11.1 Å². The number of hydrogen-bond donors (Lipinski definition) is 3. The fourth-order valence-corrected chi connectivity index (χ4v) is 2.96. The van der Waals surface area contributed by atoms with Crippen molar-refractivity contribution in [2.24, 2.45) is 0 Å². The van der Waals surface area contributed by atoms with E-state index >= 15 is 0 Å². The molecule has 11 nitrogen and oxygen atoms in total. The Morgan fingerprint density at radius 3 is 2.52 bits per heavy atom. The summed E-state index contributed by atoms with van der Waals surface area (Å²) in [6.45, 7) is 8.82. The van der Waals surface area contributed by atoms with Gasteiger partial charge >= 0.3 is 12.2 Å². The van der Waals surface area contributed by atoms with Gasteiger partial charge in [0.25, 0.3) is 5.69 Å². The zero-order valence-electron chi connectivity index (χ0n) is 18.8. The number of carbonyl (C=O) groups is 2. The van der Waals surface area contributed by atoms with Crippen molar-refractivity contribution in [2.75, 3.05) is 12.4 Å². The highest BCUT2D eigenvalue weighted by molar-refractivity contribution is 5.87. The summed E-state index contributed by atoms with van der Waals surface area (Å²) in [6.07, 6.45) is 0.353. The van der Waals surface area contributed by atoms with Gasteiger partial charge in [-0.25, -0.2) is 9.59 Å². The standard InChI is InChI=1S/C22H26N4O7/c1-6-7-16(25-21(29)33-22(2,3)4)17-10-13(11-19(27)24-17)15-9-8-14(23-20(28)32-5)12-18(15)26(30)31/h6,8-12,16H,1,7H2,2-5H3,(H,23,28)(H,24,27)(H,25,29)/t16-/m1/s1. The Hall–Kier alpha value is -4.15. The van der Waals surface area contributed by atoms with Crippen LogP contribution >= 0.6 is 0 Å². The zero-order valence-corrected chi connectivity index (χ0v) is 18.8. The second-order valence-corrected chi connectivity index (χ2v) is 8.02. The normalized spacial score (nSPS) is 11.8. The minimum absolute atomic E-state index is 0.150. The van der Waals surface area contributed by atoms with Crippen molar-refractivity contribution in [3.05, 3.63) is 69.1 Å². The molecule has 0 bridgehead atoms. The molecule has 0 aliphatic heterocycles. The summed E-state index contributed by atoms with van der Waals surface area (Å²) in [7, 11) is 1.17. The first-order valence-electron chi connectivity index (χ1n) is 9.92. The van der Waals surface area contributed by atoms with Gasteiger partial charge in [-0.3, -0.25) is 20.2 Å². The van der Waals surface area contributed by atoms with Gasteiger partial charge in [-0.15, -0.1) is 6.58 Å². The molecule has 1 heterocycles. The third-order valence-corrected chi connectivity index (χ3v) is 4.27. The highest BCUT2D eigenvalue weighted by Crippen LogP contribution is 2.33. The molecular formula is C22H26N4O7. The molecule has 0 fully saturated rings. The minimum atomic E-state index is -0.782. The third-order valence-electron chi connectivity index (χ3n) is 4.27. The van der Waals surface area contributed by atoms with Gasteiger partial charge in [0.15, 0.2) is 0 Å². The van der Waals surface area contributed by atoms with Gasteiger partial charge in [-0.1, -0.05) is 6.08 Å². The number of aromatic amines is 1. The lowest BCUT2D eigenvalue weighted by molar-refractivity contribution is -0.384. The van der Waals surface area contributed by atoms with Gasteiger partial charge in [0.05, 0.1) is 29.3 Å². The van der Waals surface area contributed by atoms with E-state index in [1.807, 2.05) is 0 Å². The van der Waals surface area contributed by atoms with E-state index in [0.29, 0.717) is 5.69 Å². The number of nitrogens with one attached hydrogen (secondary N) is 3. The fraction of sp³-hybridized carbons (Fsp3) is 0.318. The second-order valence-electron chi connectivity index (χ2n) is 8.02. The second kappa shape index (κ2) is 10.4. The topological polar surface area (TPSA) is 153 Å². The van der Waals surface area contributed by atoms with E-state index in [0.717, 1.165) is 6.07 Å². The molecule has 2 aromatic rings. The zero-order chi connectivity index (χ0) is 24.8. The summed E-state index contributed by atoms with van der Waals surface area (Å²) >= 11 is 0. The number of methoxy groups -OCH3 is 1. The van der Waals surface area contributed by atoms with E-state index < -0.39 is 34.3 Å². The van der Waals surface area contributed by atoms with Gasteiger partial charge < -0.3 is 19.8 Å². The number of anilines is 1. The van der Waals surface area contributed by atoms with Crippen molar-refractivity contribution in [3.63, 3.8) is 0 Å². The number of nitro groups is 1. The Kier molecular flexibility index (Phi) is 7.95. The molecule has 1 atom stereocenters. The Morgan fingerprint density at radius 2 is 1.94 bits per heavy atom. The maximum absolute atomic E-state index is 12.4. The molecule has 2 amide bonds. The maximum atomic E-state index is 12.4. The van der Waals surface area contributed by atoms with Gasteiger partial charge in [0.1, 0.15) is 5.60 Å². The van der Waals surface area contributed by atoms with E-state index in [1.165, 1.54) is 31.4 Å². The molecule has 0 aliphatic rings. The molecular weight excluding hydrogens is 432 g/mol. The largest absolute Gasteiger partial charge is 0.453 e. The van der Waals surface area contributed by atoms with Crippen LogP contribution < -0.4 is 16.2 Å². The van der Waals surface area contributed by atoms with E-state index in [2.05, 4.69) is 26.9 Å². The Labute approximate surface area is 189 Å². The number of hydrogen-bond acceptors (Lipinski definition) is 7. The molecule has 1 aromatic heterocycles. The summed E-state index contributed by atoms with van der Waals surface area (Å²) in [4.78, 5) is 49.7. The first-order chi connectivity index (χ1) is 15.4. The van der Waals surface area contributed by atoms with Crippen LogP contribution in [0.1, 0.15) is 38.9 Å². The molecule has 0 saturated carbocycles. The number of carbonyl (C=O) groups excluding carboxylic acids is 2. The number of pyridine rings is 1. The highest BCUT2D eigenvalue weighted by atomic mass is 16.6. The van der Waals surface area contributed by atoms with Crippen LogP contribution in [0.3, 0.4) is 0 Å². The van der Waals surface area contributed by atoms with E-state index in [4.69, 9.17) is 4.74 Å². The molecule has 0 unspecified atom stereocenters. The number of ether oxygens (including phenoxy) is 2. The molecule has 0 saturated heterocycles.